The Morgan fingerprint density at radius 2 is 1.83 bits per heavy atom. The molecule has 8 heteroatoms. The number of Topliss-reactive ketones (excluding diaryl/α,β-unsaturated/α-hetero) is 1. The van der Waals surface area contributed by atoms with Crippen molar-refractivity contribution in [1.29, 1.82) is 0 Å². The van der Waals surface area contributed by atoms with Gasteiger partial charge < -0.3 is 14.6 Å². The summed E-state index contributed by atoms with van der Waals surface area (Å²) in [6.07, 6.45) is 0.795. The topological polar surface area (TPSA) is 88.6 Å². The Balaban J connectivity index is 2.48. The van der Waals surface area contributed by atoms with E-state index in [1.54, 1.807) is 0 Å². The number of ketones is 1. The number of hydrogen-bond donors (Lipinski definition) is 2. The number of carbonyl (C=O) groups is 1. The third-order valence-corrected chi connectivity index (χ3v) is 6.24. The number of carbonyl (C=O) groups excluding carboxylic acids is 1. The Bertz CT molecular complexity index is 926. The van der Waals surface area contributed by atoms with Gasteiger partial charge in [-0.2, -0.15) is 0 Å². The van der Waals surface area contributed by atoms with Crippen LogP contribution in [0.3, 0.4) is 0 Å². The van der Waals surface area contributed by atoms with Crippen LogP contribution in [0.5, 0.6) is 17.4 Å². The Kier molecular flexibility index (Phi) is 8.62. The van der Waals surface area contributed by atoms with Crippen molar-refractivity contribution in [3.8, 4) is 17.4 Å². The lowest BCUT2D eigenvalue weighted by molar-refractivity contribution is 0.0895. The molecule has 0 saturated heterocycles. The first-order chi connectivity index (χ1) is 14.2. The van der Waals surface area contributed by atoms with Crippen molar-refractivity contribution >= 4 is 29.0 Å². The van der Waals surface area contributed by atoms with Gasteiger partial charge >= 0.3 is 0 Å². The average molecular weight is 456 g/mol. The van der Waals surface area contributed by atoms with Gasteiger partial charge in [0.25, 0.3) is 5.56 Å². The van der Waals surface area contributed by atoms with E-state index >= 15 is 0 Å². The maximum Gasteiger partial charge on any atom is 0.265 e. The van der Waals surface area contributed by atoms with Crippen molar-refractivity contribution in [3.63, 3.8) is 0 Å². The third kappa shape index (κ3) is 5.49. The van der Waals surface area contributed by atoms with E-state index in [1.165, 1.54) is 14.2 Å². The Hall–Kier alpha value is -2.18. The number of nitrogens with one attached hydrogen (secondary N) is 1. The van der Waals surface area contributed by atoms with Gasteiger partial charge in [0.1, 0.15) is 5.56 Å². The normalized spacial score (nSPS) is 14.1. The SMILES string of the molecule is COc1[nH]c(=O)c(C(=O)[C@@H](Cc2ccc(C)cc2)C[C@H](C)[C@@H](Cl)CCl)c(O)c1OC. The molecule has 2 rings (SSSR count). The summed E-state index contributed by atoms with van der Waals surface area (Å²) in [5.74, 6) is -1.59. The molecule has 2 aromatic rings. The lowest BCUT2D eigenvalue weighted by Gasteiger charge is -2.23. The van der Waals surface area contributed by atoms with Gasteiger partial charge in [0.05, 0.1) is 14.2 Å². The fraction of sp³-hybridized carbons (Fsp3) is 0.455. The molecule has 3 atom stereocenters. The quantitative estimate of drug-likeness (QED) is 0.411. The van der Waals surface area contributed by atoms with E-state index in [0.717, 1.165) is 11.1 Å². The molecule has 0 aliphatic heterocycles. The minimum absolute atomic E-state index is 0.0528. The first kappa shape index (κ1) is 24.1. The number of ether oxygens (including phenoxy) is 2. The van der Waals surface area contributed by atoms with Crippen molar-refractivity contribution in [2.24, 2.45) is 11.8 Å². The van der Waals surface area contributed by atoms with Gasteiger partial charge in [0.15, 0.2) is 11.5 Å². The third-order valence-electron chi connectivity index (χ3n) is 5.16. The fourth-order valence-electron chi connectivity index (χ4n) is 3.36. The van der Waals surface area contributed by atoms with Crippen LogP contribution >= 0.6 is 23.2 Å². The van der Waals surface area contributed by atoms with Crippen LogP contribution in [0.4, 0.5) is 0 Å². The molecule has 1 aromatic carbocycles. The number of methoxy groups -OCH3 is 2. The molecular formula is C22H27Cl2NO5. The minimum atomic E-state index is -0.739. The second-order valence-electron chi connectivity index (χ2n) is 7.38. The number of benzene rings is 1. The summed E-state index contributed by atoms with van der Waals surface area (Å²) >= 11 is 12.2. The maximum absolute atomic E-state index is 13.4. The van der Waals surface area contributed by atoms with Gasteiger partial charge in [-0.15, -0.1) is 23.2 Å². The monoisotopic (exact) mass is 455 g/mol. The van der Waals surface area contributed by atoms with Crippen molar-refractivity contribution in [1.82, 2.24) is 4.98 Å². The minimum Gasteiger partial charge on any atom is -0.503 e. The molecule has 164 valence electrons. The molecule has 0 fully saturated rings. The number of aromatic nitrogens is 1. The van der Waals surface area contributed by atoms with Crippen LogP contribution in [-0.2, 0) is 6.42 Å². The molecule has 0 spiro atoms. The lowest BCUT2D eigenvalue weighted by atomic mass is 9.83. The highest BCUT2D eigenvalue weighted by atomic mass is 35.5. The number of aromatic hydroxyl groups is 1. The maximum atomic E-state index is 13.4. The highest BCUT2D eigenvalue weighted by Gasteiger charge is 2.31. The van der Waals surface area contributed by atoms with Crippen molar-refractivity contribution in [3.05, 3.63) is 51.3 Å². The number of H-pyrrole nitrogens is 1. The van der Waals surface area contributed by atoms with Crippen LogP contribution in [0.15, 0.2) is 29.1 Å². The number of halogens is 2. The summed E-state index contributed by atoms with van der Waals surface area (Å²) in [5, 5.41) is 10.3. The largest absolute Gasteiger partial charge is 0.503 e. The highest BCUT2D eigenvalue weighted by molar-refractivity contribution is 6.28. The predicted octanol–water partition coefficient (Wildman–Crippen LogP) is 4.32. The van der Waals surface area contributed by atoms with E-state index < -0.39 is 23.0 Å². The summed E-state index contributed by atoms with van der Waals surface area (Å²) in [6, 6.07) is 7.81. The van der Waals surface area contributed by atoms with Gasteiger partial charge in [-0.3, -0.25) is 14.6 Å². The Morgan fingerprint density at radius 1 is 1.20 bits per heavy atom. The summed E-state index contributed by atoms with van der Waals surface area (Å²) < 4.78 is 10.2. The summed E-state index contributed by atoms with van der Waals surface area (Å²) in [7, 11) is 2.64. The fourth-order valence-corrected chi connectivity index (χ4v) is 3.76. The molecule has 30 heavy (non-hydrogen) atoms. The molecule has 6 nitrogen and oxygen atoms in total. The molecule has 1 aromatic heterocycles. The first-order valence-corrected chi connectivity index (χ1v) is 10.6. The molecular weight excluding hydrogens is 429 g/mol. The van der Waals surface area contributed by atoms with Gasteiger partial charge in [0.2, 0.25) is 11.6 Å². The van der Waals surface area contributed by atoms with E-state index in [1.807, 2.05) is 38.1 Å². The number of pyridine rings is 1. The zero-order valence-corrected chi connectivity index (χ0v) is 19.0. The summed E-state index contributed by atoms with van der Waals surface area (Å²) in [6.45, 7) is 3.89. The Labute approximate surface area is 186 Å². The van der Waals surface area contributed by atoms with Crippen molar-refractivity contribution in [2.75, 3.05) is 20.1 Å². The van der Waals surface area contributed by atoms with Gasteiger partial charge in [-0.1, -0.05) is 36.8 Å². The summed E-state index contributed by atoms with van der Waals surface area (Å²) in [5.41, 5.74) is 0.955. The van der Waals surface area contributed by atoms with Crippen LogP contribution in [0.2, 0.25) is 0 Å². The Morgan fingerprint density at radius 3 is 2.37 bits per heavy atom. The number of rotatable bonds is 10. The second-order valence-corrected chi connectivity index (χ2v) is 8.25. The summed E-state index contributed by atoms with van der Waals surface area (Å²) in [4.78, 5) is 28.5. The number of alkyl halides is 2. The molecule has 0 amide bonds. The lowest BCUT2D eigenvalue weighted by Crippen LogP contribution is -2.29. The molecule has 1 heterocycles. The van der Waals surface area contributed by atoms with Gasteiger partial charge in [-0.05, 0) is 31.2 Å². The van der Waals surface area contributed by atoms with E-state index in [9.17, 15) is 14.7 Å². The van der Waals surface area contributed by atoms with Crippen molar-refractivity contribution < 1.29 is 19.4 Å². The zero-order valence-electron chi connectivity index (χ0n) is 17.5. The van der Waals surface area contributed by atoms with E-state index in [0.29, 0.717) is 12.8 Å². The van der Waals surface area contributed by atoms with E-state index in [-0.39, 0.29) is 34.4 Å². The van der Waals surface area contributed by atoms with Crippen molar-refractivity contribution in [2.45, 2.75) is 32.1 Å². The second kappa shape index (κ2) is 10.7. The molecule has 2 N–H and O–H groups in total. The van der Waals surface area contributed by atoms with Crippen LogP contribution in [0, 0.1) is 18.8 Å². The van der Waals surface area contributed by atoms with E-state index in [4.69, 9.17) is 32.7 Å². The molecule has 0 aliphatic carbocycles. The molecule has 0 unspecified atom stereocenters. The van der Waals surface area contributed by atoms with Gasteiger partial charge in [0, 0.05) is 17.2 Å². The number of aryl methyl sites for hydroxylation is 1. The zero-order chi connectivity index (χ0) is 22.4. The molecule has 0 saturated carbocycles. The van der Waals surface area contributed by atoms with E-state index in [2.05, 4.69) is 4.98 Å². The number of aromatic amines is 1. The van der Waals surface area contributed by atoms with Gasteiger partial charge in [-0.25, -0.2) is 0 Å². The molecule has 0 bridgehead atoms. The van der Waals surface area contributed by atoms with Crippen LogP contribution in [-0.4, -0.2) is 41.4 Å². The van der Waals surface area contributed by atoms with Crippen LogP contribution in [0.25, 0.3) is 0 Å². The standard InChI is InChI=1S/C22H27Cl2NO5/c1-12-5-7-14(8-6-12)10-15(9-13(2)16(24)11-23)18(26)17-19(27)20(29-3)22(30-4)25-21(17)28/h5-8,13,15-16H,9-11H2,1-4H3,(H2,25,27,28)/t13-,15+,16-/m0/s1. The highest BCUT2D eigenvalue weighted by Crippen LogP contribution is 2.37. The molecule has 0 aliphatic rings. The first-order valence-electron chi connectivity index (χ1n) is 9.60. The predicted molar refractivity (Wildman–Crippen MR) is 119 cm³/mol. The van der Waals surface area contributed by atoms with Crippen LogP contribution < -0.4 is 15.0 Å². The smallest absolute Gasteiger partial charge is 0.265 e. The molecule has 0 radical (unpaired) electrons. The average Bonchev–Trinajstić information content (AvgIpc) is 2.73. The van der Waals surface area contributed by atoms with Crippen LogP contribution in [0.1, 0.15) is 34.8 Å². The number of hydrogen-bond acceptors (Lipinski definition) is 5.